The summed E-state index contributed by atoms with van der Waals surface area (Å²) in [5.74, 6) is -0.335. The van der Waals surface area contributed by atoms with Crippen molar-refractivity contribution in [2.24, 2.45) is 11.8 Å². The highest BCUT2D eigenvalue weighted by Crippen LogP contribution is 2.32. The van der Waals surface area contributed by atoms with Crippen LogP contribution in [-0.4, -0.2) is 37.0 Å². The Morgan fingerprint density at radius 3 is 2.65 bits per heavy atom. The quantitative estimate of drug-likeness (QED) is 0.756. The molecule has 96 valence electrons. The fraction of sp³-hybridized carbons (Fsp3) is 0.727. The molecule has 17 heavy (non-hydrogen) atoms. The van der Waals surface area contributed by atoms with Gasteiger partial charge in [-0.15, -0.1) is 11.8 Å². The van der Waals surface area contributed by atoms with E-state index in [1.165, 1.54) is 26.0 Å². The minimum atomic E-state index is -0.503. The van der Waals surface area contributed by atoms with Crippen LogP contribution in [0.25, 0.3) is 0 Å². The lowest BCUT2D eigenvalue weighted by Crippen LogP contribution is -2.24. The molecule has 0 aromatic carbocycles. The first-order valence-corrected chi connectivity index (χ1v) is 6.43. The van der Waals surface area contributed by atoms with E-state index in [0.717, 1.165) is 12.2 Å². The summed E-state index contributed by atoms with van der Waals surface area (Å²) in [6.45, 7) is 0. The molecule has 1 fully saturated rings. The van der Waals surface area contributed by atoms with Crippen molar-refractivity contribution in [2.45, 2.75) is 19.3 Å². The Kier molecular flexibility index (Phi) is 5.47. The van der Waals surface area contributed by atoms with Crippen LogP contribution < -0.4 is 0 Å². The fourth-order valence-electron chi connectivity index (χ4n) is 1.84. The van der Waals surface area contributed by atoms with Crippen molar-refractivity contribution in [2.75, 3.05) is 20.0 Å². The second-order valence-electron chi connectivity index (χ2n) is 3.93. The Morgan fingerprint density at radius 2 is 2.18 bits per heavy atom. The minimum absolute atomic E-state index is 0.0254. The molecule has 1 rings (SSSR count). The van der Waals surface area contributed by atoms with E-state index in [4.69, 9.17) is 5.41 Å². The Labute approximate surface area is 105 Å². The molecule has 2 atom stereocenters. The molecule has 6 heteroatoms. The van der Waals surface area contributed by atoms with E-state index in [0.29, 0.717) is 11.5 Å². The Balaban J connectivity index is 2.59. The van der Waals surface area contributed by atoms with Gasteiger partial charge in [0.05, 0.1) is 31.6 Å². The maximum absolute atomic E-state index is 11.6. The number of nitrogens with one attached hydrogen (secondary N) is 1. The van der Waals surface area contributed by atoms with Gasteiger partial charge in [0.25, 0.3) is 0 Å². The van der Waals surface area contributed by atoms with Gasteiger partial charge in [-0.05, 0) is 18.6 Å². The zero-order valence-electron chi connectivity index (χ0n) is 10.0. The smallest absolute Gasteiger partial charge is 0.309 e. The predicted octanol–water partition coefficient (Wildman–Crippen LogP) is 1.46. The summed E-state index contributed by atoms with van der Waals surface area (Å²) < 4.78 is 9.24. The van der Waals surface area contributed by atoms with Crippen molar-refractivity contribution in [3.8, 4) is 0 Å². The fourth-order valence-corrected chi connectivity index (χ4v) is 2.91. The van der Waals surface area contributed by atoms with E-state index in [1.54, 1.807) is 0 Å². The van der Waals surface area contributed by atoms with E-state index in [2.05, 4.69) is 9.47 Å². The summed E-state index contributed by atoms with van der Waals surface area (Å²) in [7, 11) is 2.60. The summed E-state index contributed by atoms with van der Waals surface area (Å²) in [5, 5.41) is 8.32. The second-order valence-corrected chi connectivity index (χ2v) is 5.07. The SMILES string of the molecule is COC(=O)CC(CC1CCSC1=N)C(=O)OC. The van der Waals surface area contributed by atoms with E-state index < -0.39 is 17.9 Å². The molecule has 1 aliphatic rings. The summed E-state index contributed by atoms with van der Waals surface area (Å²) in [5.41, 5.74) is 0. The molecular weight excluding hydrogens is 242 g/mol. The highest BCUT2D eigenvalue weighted by molar-refractivity contribution is 8.14. The standard InChI is InChI=1S/C11H17NO4S/c1-15-9(13)6-8(11(14)16-2)5-7-3-4-17-10(7)12/h7-8,12H,3-6H2,1-2H3. The van der Waals surface area contributed by atoms with Gasteiger partial charge in [0.15, 0.2) is 0 Å². The number of hydrogen-bond acceptors (Lipinski definition) is 6. The van der Waals surface area contributed by atoms with Crippen molar-refractivity contribution in [3.63, 3.8) is 0 Å². The number of thioether (sulfide) groups is 1. The van der Waals surface area contributed by atoms with E-state index in [-0.39, 0.29) is 12.3 Å². The van der Waals surface area contributed by atoms with E-state index >= 15 is 0 Å². The van der Waals surface area contributed by atoms with Crippen LogP contribution in [0.15, 0.2) is 0 Å². The van der Waals surface area contributed by atoms with Crippen LogP contribution in [0.3, 0.4) is 0 Å². The largest absolute Gasteiger partial charge is 0.469 e. The monoisotopic (exact) mass is 259 g/mol. The van der Waals surface area contributed by atoms with Crippen LogP contribution >= 0.6 is 11.8 Å². The summed E-state index contributed by atoms with van der Waals surface area (Å²) in [6, 6.07) is 0. The minimum Gasteiger partial charge on any atom is -0.469 e. The molecule has 1 saturated heterocycles. The Bertz CT molecular complexity index is 319. The molecule has 2 unspecified atom stereocenters. The van der Waals surface area contributed by atoms with Crippen LogP contribution in [0.5, 0.6) is 0 Å². The number of methoxy groups -OCH3 is 2. The molecule has 0 radical (unpaired) electrons. The summed E-state index contributed by atoms with van der Waals surface area (Å²) >= 11 is 1.51. The van der Waals surface area contributed by atoms with Crippen LogP contribution in [-0.2, 0) is 19.1 Å². The third-order valence-electron chi connectivity index (χ3n) is 2.84. The van der Waals surface area contributed by atoms with Gasteiger partial charge in [-0.3, -0.25) is 15.0 Å². The zero-order chi connectivity index (χ0) is 12.8. The van der Waals surface area contributed by atoms with Crippen molar-refractivity contribution < 1.29 is 19.1 Å². The van der Waals surface area contributed by atoms with Gasteiger partial charge in [-0.1, -0.05) is 0 Å². The molecule has 0 aliphatic carbocycles. The van der Waals surface area contributed by atoms with Gasteiger partial charge in [-0.25, -0.2) is 0 Å². The van der Waals surface area contributed by atoms with Gasteiger partial charge < -0.3 is 9.47 Å². The molecule has 0 aromatic rings. The maximum Gasteiger partial charge on any atom is 0.309 e. The molecule has 0 spiro atoms. The Morgan fingerprint density at radius 1 is 1.47 bits per heavy atom. The highest BCUT2D eigenvalue weighted by atomic mass is 32.2. The number of hydrogen-bond donors (Lipinski definition) is 1. The number of rotatable bonds is 5. The number of esters is 2. The Hall–Kier alpha value is -1.04. The summed E-state index contributed by atoms with van der Waals surface area (Å²) in [4.78, 5) is 22.8. The number of ether oxygens (including phenoxy) is 2. The molecule has 1 heterocycles. The molecule has 0 amide bonds. The van der Waals surface area contributed by atoms with Crippen molar-refractivity contribution in [1.29, 1.82) is 5.41 Å². The molecule has 1 aliphatic heterocycles. The first kappa shape index (κ1) is 14.0. The molecule has 1 N–H and O–H groups in total. The van der Waals surface area contributed by atoms with Gasteiger partial charge in [-0.2, -0.15) is 0 Å². The average Bonchev–Trinajstić information content (AvgIpc) is 2.73. The topological polar surface area (TPSA) is 76.5 Å². The third kappa shape index (κ3) is 4.03. The molecule has 0 saturated carbocycles. The second kappa shape index (κ2) is 6.64. The van der Waals surface area contributed by atoms with E-state index in [9.17, 15) is 9.59 Å². The first-order valence-electron chi connectivity index (χ1n) is 5.44. The van der Waals surface area contributed by atoms with Crippen molar-refractivity contribution >= 4 is 28.7 Å². The van der Waals surface area contributed by atoms with Crippen LogP contribution in [0.2, 0.25) is 0 Å². The zero-order valence-corrected chi connectivity index (χ0v) is 10.8. The lowest BCUT2D eigenvalue weighted by atomic mass is 9.91. The molecule has 0 bridgehead atoms. The van der Waals surface area contributed by atoms with Crippen molar-refractivity contribution in [1.82, 2.24) is 0 Å². The lowest BCUT2D eigenvalue weighted by molar-refractivity contribution is -0.152. The first-order chi connectivity index (χ1) is 8.08. The number of carbonyl (C=O) groups is 2. The van der Waals surface area contributed by atoms with Crippen LogP contribution in [0.4, 0.5) is 0 Å². The van der Waals surface area contributed by atoms with Gasteiger partial charge >= 0.3 is 11.9 Å². The summed E-state index contributed by atoms with van der Waals surface area (Å²) in [6.07, 6.45) is 1.41. The van der Waals surface area contributed by atoms with Gasteiger partial charge in [0.1, 0.15) is 0 Å². The molecular formula is C11H17NO4S. The predicted molar refractivity (Wildman–Crippen MR) is 65.0 cm³/mol. The maximum atomic E-state index is 11.6. The molecule has 5 nitrogen and oxygen atoms in total. The molecule has 0 aromatic heterocycles. The lowest BCUT2D eigenvalue weighted by Gasteiger charge is -2.17. The highest BCUT2D eigenvalue weighted by Gasteiger charge is 2.31. The normalized spacial score (nSPS) is 21.1. The van der Waals surface area contributed by atoms with Gasteiger partial charge in [0.2, 0.25) is 0 Å². The third-order valence-corrected chi connectivity index (χ3v) is 3.92. The van der Waals surface area contributed by atoms with Gasteiger partial charge in [0, 0.05) is 5.92 Å². The van der Waals surface area contributed by atoms with Crippen molar-refractivity contribution in [3.05, 3.63) is 0 Å². The number of carbonyl (C=O) groups excluding carboxylic acids is 2. The van der Waals surface area contributed by atoms with Crippen LogP contribution in [0, 0.1) is 17.2 Å². The van der Waals surface area contributed by atoms with E-state index in [1.807, 2.05) is 0 Å². The van der Waals surface area contributed by atoms with Crippen LogP contribution in [0.1, 0.15) is 19.3 Å². The average molecular weight is 259 g/mol.